The lowest BCUT2D eigenvalue weighted by Crippen LogP contribution is -2.48. The van der Waals surface area contributed by atoms with Gasteiger partial charge in [-0.05, 0) is 24.3 Å². The van der Waals surface area contributed by atoms with Crippen LogP contribution in [0.3, 0.4) is 0 Å². The first kappa shape index (κ1) is 13.9. The van der Waals surface area contributed by atoms with Gasteiger partial charge in [0.2, 0.25) is 11.8 Å². The van der Waals surface area contributed by atoms with E-state index in [0.29, 0.717) is 19.6 Å². The van der Waals surface area contributed by atoms with E-state index >= 15 is 0 Å². The summed E-state index contributed by atoms with van der Waals surface area (Å²) in [6.07, 6.45) is 0.267. The Kier molecular flexibility index (Phi) is 3.79. The fraction of sp³-hybridized carbons (Fsp3) is 0.467. The summed E-state index contributed by atoms with van der Waals surface area (Å²) in [4.78, 5) is 28.1. The zero-order valence-corrected chi connectivity index (χ0v) is 11.8. The Hall–Kier alpha value is -2.08. The molecular weight excluding hydrogens is 270 g/mol. The summed E-state index contributed by atoms with van der Waals surface area (Å²) in [6, 6.07) is 6.50. The normalized spacial score (nSPS) is 22.7. The van der Waals surface area contributed by atoms with E-state index in [-0.39, 0.29) is 29.9 Å². The van der Waals surface area contributed by atoms with Gasteiger partial charge in [-0.3, -0.25) is 9.59 Å². The Morgan fingerprint density at radius 1 is 1.19 bits per heavy atom. The van der Waals surface area contributed by atoms with Crippen molar-refractivity contribution in [3.63, 3.8) is 0 Å². The number of phenolic OH excluding ortho intramolecular Hbond substituents is 1. The van der Waals surface area contributed by atoms with Crippen LogP contribution in [-0.2, 0) is 9.59 Å². The third-order valence-corrected chi connectivity index (χ3v) is 4.06. The Morgan fingerprint density at radius 3 is 2.52 bits per heavy atom. The van der Waals surface area contributed by atoms with E-state index in [1.807, 2.05) is 4.90 Å². The molecule has 0 spiro atoms. The molecule has 0 saturated carbocycles. The fourth-order valence-electron chi connectivity index (χ4n) is 2.90. The molecule has 2 aliphatic heterocycles. The molecule has 1 aromatic carbocycles. The van der Waals surface area contributed by atoms with Crippen LogP contribution in [0.15, 0.2) is 24.3 Å². The maximum absolute atomic E-state index is 12.5. The van der Waals surface area contributed by atoms with E-state index in [9.17, 15) is 14.7 Å². The van der Waals surface area contributed by atoms with Crippen LogP contribution in [0.4, 0.5) is 5.69 Å². The predicted octanol–water partition coefficient (Wildman–Crippen LogP) is 0.177. The second-order valence-corrected chi connectivity index (χ2v) is 5.50. The number of carbonyl (C=O) groups excluding carboxylic acids is 2. The lowest BCUT2D eigenvalue weighted by molar-refractivity contribution is -0.136. The van der Waals surface area contributed by atoms with Crippen LogP contribution in [-0.4, -0.2) is 54.5 Å². The van der Waals surface area contributed by atoms with Crippen LogP contribution in [0, 0.1) is 5.92 Å². The maximum atomic E-state index is 12.5. The summed E-state index contributed by atoms with van der Waals surface area (Å²) in [6.45, 7) is 3.47. The molecule has 21 heavy (non-hydrogen) atoms. The first-order valence-electron chi connectivity index (χ1n) is 7.24. The van der Waals surface area contributed by atoms with Gasteiger partial charge in [0.05, 0.1) is 5.92 Å². The molecule has 2 heterocycles. The van der Waals surface area contributed by atoms with Gasteiger partial charge in [0.25, 0.3) is 0 Å². The molecule has 1 aromatic rings. The largest absolute Gasteiger partial charge is 0.508 e. The standard InChI is InChI=1S/C15H19N3O3/c19-13-3-1-12(2-4-13)18-10-11(9-14(18)20)15(21)17-7-5-16-6-8-17/h1-4,11,16,19H,5-10H2. The summed E-state index contributed by atoms with van der Waals surface area (Å²) in [5.74, 6) is -0.0523. The highest BCUT2D eigenvalue weighted by molar-refractivity contribution is 6.00. The lowest BCUT2D eigenvalue weighted by atomic mass is 10.1. The zero-order valence-electron chi connectivity index (χ0n) is 11.8. The molecule has 6 nitrogen and oxygen atoms in total. The fourth-order valence-corrected chi connectivity index (χ4v) is 2.90. The van der Waals surface area contributed by atoms with Crippen molar-refractivity contribution in [2.24, 2.45) is 5.92 Å². The third kappa shape index (κ3) is 2.85. The Bertz CT molecular complexity index is 538. The first-order valence-corrected chi connectivity index (χ1v) is 7.24. The summed E-state index contributed by atoms with van der Waals surface area (Å²) < 4.78 is 0. The van der Waals surface area contributed by atoms with Gasteiger partial charge in [-0.15, -0.1) is 0 Å². The summed E-state index contributed by atoms with van der Waals surface area (Å²) in [7, 11) is 0. The molecule has 2 N–H and O–H groups in total. The Balaban J connectivity index is 1.69. The number of hydrogen-bond acceptors (Lipinski definition) is 4. The Morgan fingerprint density at radius 2 is 1.86 bits per heavy atom. The minimum absolute atomic E-state index is 0.0332. The van der Waals surface area contributed by atoms with E-state index in [2.05, 4.69) is 5.32 Å². The van der Waals surface area contributed by atoms with E-state index in [1.54, 1.807) is 29.2 Å². The number of rotatable bonds is 2. The number of nitrogens with zero attached hydrogens (tertiary/aromatic N) is 2. The van der Waals surface area contributed by atoms with Crippen molar-refractivity contribution >= 4 is 17.5 Å². The second kappa shape index (κ2) is 5.73. The van der Waals surface area contributed by atoms with Crippen LogP contribution in [0.5, 0.6) is 5.75 Å². The minimum Gasteiger partial charge on any atom is -0.508 e. The predicted molar refractivity (Wildman–Crippen MR) is 78.0 cm³/mol. The van der Waals surface area contributed by atoms with Crippen molar-refractivity contribution in [1.82, 2.24) is 10.2 Å². The molecule has 2 saturated heterocycles. The third-order valence-electron chi connectivity index (χ3n) is 4.06. The van der Waals surface area contributed by atoms with Crippen molar-refractivity contribution in [3.8, 4) is 5.75 Å². The van der Waals surface area contributed by atoms with E-state index in [1.165, 1.54) is 0 Å². The van der Waals surface area contributed by atoms with Gasteiger partial charge < -0.3 is 20.2 Å². The SMILES string of the molecule is O=C(C1CC(=O)N(c2ccc(O)cc2)C1)N1CCNCC1. The molecular formula is C15H19N3O3. The number of amides is 2. The van der Waals surface area contributed by atoms with Gasteiger partial charge in [-0.2, -0.15) is 0 Å². The van der Waals surface area contributed by atoms with Crippen molar-refractivity contribution in [1.29, 1.82) is 0 Å². The average Bonchev–Trinajstić information content (AvgIpc) is 2.90. The van der Waals surface area contributed by atoms with Crippen LogP contribution >= 0.6 is 0 Å². The van der Waals surface area contributed by atoms with E-state index in [0.717, 1.165) is 18.8 Å². The molecule has 112 valence electrons. The highest BCUT2D eigenvalue weighted by Crippen LogP contribution is 2.27. The summed E-state index contributed by atoms with van der Waals surface area (Å²) >= 11 is 0. The molecule has 6 heteroatoms. The smallest absolute Gasteiger partial charge is 0.228 e. The maximum Gasteiger partial charge on any atom is 0.228 e. The quantitative estimate of drug-likeness (QED) is 0.814. The van der Waals surface area contributed by atoms with Gasteiger partial charge >= 0.3 is 0 Å². The van der Waals surface area contributed by atoms with Crippen molar-refractivity contribution in [2.75, 3.05) is 37.6 Å². The number of phenols is 1. The molecule has 0 radical (unpaired) electrons. The number of aromatic hydroxyl groups is 1. The van der Waals surface area contributed by atoms with Gasteiger partial charge in [-0.1, -0.05) is 0 Å². The molecule has 0 bridgehead atoms. The summed E-state index contributed by atoms with van der Waals surface area (Å²) in [5, 5.41) is 12.5. The molecule has 0 aromatic heterocycles. The summed E-state index contributed by atoms with van der Waals surface area (Å²) in [5.41, 5.74) is 0.730. The second-order valence-electron chi connectivity index (χ2n) is 5.50. The van der Waals surface area contributed by atoms with Gasteiger partial charge in [-0.25, -0.2) is 0 Å². The highest BCUT2D eigenvalue weighted by atomic mass is 16.3. The molecule has 0 aliphatic carbocycles. The highest BCUT2D eigenvalue weighted by Gasteiger charge is 2.37. The molecule has 2 aliphatic rings. The average molecular weight is 289 g/mol. The van der Waals surface area contributed by atoms with Gasteiger partial charge in [0.15, 0.2) is 0 Å². The van der Waals surface area contributed by atoms with Crippen LogP contribution in [0.25, 0.3) is 0 Å². The first-order chi connectivity index (χ1) is 10.1. The number of anilines is 1. The number of piperazine rings is 1. The number of hydrogen-bond donors (Lipinski definition) is 2. The van der Waals surface area contributed by atoms with E-state index in [4.69, 9.17) is 0 Å². The molecule has 2 amide bonds. The van der Waals surface area contributed by atoms with Crippen molar-refractivity contribution in [2.45, 2.75) is 6.42 Å². The molecule has 1 atom stereocenters. The zero-order chi connectivity index (χ0) is 14.8. The molecule has 1 unspecified atom stereocenters. The van der Waals surface area contributed by atoms with E-state index < -0.39 is 0 Å². The lowest BCUT2D eigenvalue weighted by Gasteiger charge is -2.29. The van der Waals surface area contributed by atoms with Crippen LogP contribution < -0.4 is 10.2 Å². The minimum atomic E-state index is -0.260. The molecule has 2 fully saturated rings. The number of nitrogens with one attached hydrogen (secondary N) is 1. The van der Waals surface area contributed by atoms with Crippen molar-refractivity contribution < 1.29 is 14.7 Å². The monoisotopic (exact) mass is 289 g/mol. The van der Waals surface area contributed by atoms with Gasteiger partial charge in [0.1, 0.15) is 5.75 Å². The number of benzene rings is 1. The Labute approximate surface area is 123 Å². The van der Waals surface area contributed by atoms with Crippen molar-refractivity contribution in [3.05, 3.63) is 24.3 Å². The van der Waals surface area contributed by atoms with Crippen LogP contribution in [0.2, 0.25) is 0 Å². The van der Waals surface area contributed by atoms with Crippen LogP contribution in [0.1, 0.15) is 6.42 Å². The number of carbonyl (C=O) groups is 2. The topological polar surface area (TPSA) is 72.9 Å². The molecule has 3 rings (SSSR count). The van der Waals surface area contributed by atoms with Gasteiger partial charge in [0, 0.05) is 44.8 Å².